The van der Waals surface area contributed by atoms with Gasteiger partial charge in [-0.05, 0) is 91.7 Å². The quantitative estimate of drug-likeness (QED) is 0.236. The van der Waals surface area contributed by atoms with Crippen molar-refractivity contribution in [2.75, 3.05) is 23.0 Å². The fraction of sp³-hybridized carbons (Fsp3) is 0.133. The van der Waals surface area contributed by atoms with Crippen LogP contribution in [0.15, 0.2) is 89.7 Å². The fourth-order valence-corrected chi connectivity index (χ4v) is 3.91. The van der Waals surface area contributed by atoms with Gasteiger partial charge in [0.15, 0.2) is 0 Å². The third kappa shape index (κ3) is 6.19. The maximum atomic E-state index is 13.0. The zero-order valence-electron chi connectivity index (χ0n) is 21.0. The molecule has 7 heteroatoms. The van der Waals surface area contributed by atoms with Crippen LogP contribution in [-0.4, -0.2) is 24.2 Å². The minimum Gasteiger partial charge on any atom is -0.359 e. The zero-order chi connectivity index (χ0) is 26.2. The number of benzene rings is 3. The first-order valence-electron chi connectivity index (χ1n) is 12.0. The molecule has 1 aromatic heterocycles. The first-order valence-corrected chi connectivity index (χ1v) is 12.0. The molecule has 0 aliphatic heterocycles. The molecule has 0 aliphatic carbocycles. The molecule has 0 unspecified atom stereocenters. The van der Waals surface area contributed by atoms with E-state index >= 15 is 0 Å². The Morgan fingerprint density at radius 2 is 1.73 bits per heavy atom. The molecule has 4 rings (SSSR count). The maximum absolute atomic E-state index is 13.0. The lowest BCUT2D eigenvalue weighted by Crippen LogP contribution is -2.13. The van der Waals surface area contributed by atoms with Crippen LogP contribution in [0.1, 0.15) is 34.8 Å². The van der Waals surface area contributed by atoms with Crippen LogP contribution >= 0.6 is 0 Å². The number of hydrogen-bond acceptors (Lipinski definition) is 6. The average Bonchev–Trinajstić information content (AvgIpc) is 2.92. The molecule has 37 heavy (non-hydrogen) atoms. The SMILES string of the molecule is CC/C(=C\C=NC)Nc1ccc(NC(=O)c2ccc(Nc3ccnc4ccc(C#N)cc34)cc2C)cc1. The molecular weight excluding hydrogens is 460 g/mol. The number of aryl methyl sites for hydroxylation is 1. The molecule has 184 valence electrons. The van der Waals surface area contributed by atoms with Gasteiger partial charge in [0.25, 0.3) is 5.91 Å². The molecule has 0 saturated carbocycles. The minimum atomic E-state index is -0.175. The van der Waals surface area contributed by atoms with Gasteiger partial charge in [-0.2, -0.15) is 5.26 Å². The zero-order valence-corrected chi connectivity index (χ0v) is 21.0. The number of aromatic nitrogens is 1. The number of pyridine rings is 1. The Bertz CT molecular complexity index is 1530. The Labute approximate surface area is 216 Å². The topological polar surface area (TPSA) is 102 Å². The van der Waals surface area contributed by atoms with E-state index in [1.807, 2.05) is 67.6 Å². The summed E-state index contributed by atoms with van der Waals surface area (Å²) >= 11 is 0. The number of fused-ring (bicyclic) bond motifs is 1. The lowest BCUT2D eigenvalue weighted by atomic mass is 10.1. The van der Waals surface area contributed by atoms with E-state index in [0.717, 1.165) is 45.6 Å². The predicted octanol–water partition coefficient (Wildman–Crippen LogP) is 6.82. The lowest BCUT2D eigenvalue weighted by Gasteiger charge is -2.13. The lowest BCUT2D eigenvalue weighted by molar-refractivity contribution is 0.102. The number of hydrogen-bond donors (Lipinski definition) is 3. The van der Waals surface area contributed by atoms with Crippen LogP contribution in [0.25, 0.3) is 10.9 Å². The molecule has 7 nitrogen and oxygen atoms in total. The van der Waals surface area contributed by atoms with Crippen LogP contribution in [-0.2, 0) is 0 Å². The van der Waals surface area contributed by atoms with Gasteiger partial charge in [-0.15, -0.1) is 0 Å². The smallest absolute Gasteiger partial charge is 0.255 e. The van der Waals surface area contributed by atoms with Crippen molar-refractivity contribution in [2.45, 2.75) is 20.3 Å². The molecule has 3 aromatic carbocycles. The van der Waals surface area contributed by atoms with Crippen molar-refractivity contribution < 1.29 is 4.79 Å². The summed E-state index contributed by atoms with van der Waals surface area (Å²) in [4.78, 5) is 21.3. The van der Waals surface area contributed by atoms with E-state index in [-0.39, 0.29) is 5.91 Å². The van der Waals surface area contributed by atoms with E-state index in [2.05, 4.69) is 38.9 Å². The molecule has 3 N–H and O–H groups in total. The summed E-state index contributed by atoms with van der Waals surface area (Å²) in [5.74, 6) is -0.175. The monoisotopic (exact) mass is 488 g/mol. The maximum Gasteiger partial charge on any atom is 0.255 e. The van der Waals surface area contributed by atoms with Crippen LogP contribution in [0.4, 0.5) is 22.7 Å². The van der Waals surface area contributed by atoms with E-state index < -0.39 is 0 Å². The molecule has 1 amide bonds. The number of nitriles is 1. The highest BCUT2D eigenvalue weighted by atomic mass is 16.1. The molecule has 1 heterocycles. The molecule has 0 spiro atoms. The predicted molar refractivity (Wildman–Crippen MR) is 152 cm³/mol. The summed E-state index contributed by atoms with van der Waals surface area (Å²) in [6, 6.07) is 22.7. The number of nitrogens with zero attached hydrogens (tertiary/aromatic N) is 3. The highest BCUT2D eigenvalue weighted by Crippen LogP contribution is 2.27. The van der Waals surface area contributed by atoms with E-state index in [0.29, 0.717) is 16.8 Å². The molecule has 4 aromatic rings. The standard InChI is InChI=1S/C30H28N6O/c1-4-22(13-15-32-3)34-23-6-8-24(9-7-23)36-30(37)26-11-10-25(17-20(26)2)35-29-14-16-33-28-12-5-21(19-31)18-27(28)29/h5-18,34H,4H2,1-3H3,(H,33,35)(H,36,37)/b22-13+,32-15?. The van der Waals surface area contributed by atoms with Crippen LogP contribution in [0.5, 0.6) is 0 Å². The summed E-state index contributed by atoms with van der Waals surface area (Å²) in [5.41, 5.74) is 7.19. The molecule has 0 radical (unpaired) electrons. The van der Waals surface area contributed by atoms with E-state index in [1.165, 1.54) is 0 Å². The second-order valence-corrected chi connectivity index (χ2v) is 8.47. The second kappa shape index (κ2) is 11.6. The number of aliphatic imine (C=N–C) groups is 1. The third-order valence-corrected chi connectivity index (χ3v) is 5.87. The van der Waals surface area contributed by atoms with Crippen molar-refractivity contribution in [3.63, 3.8) is 0 Å². The van der Waals surface area contributed by atoms with Crippen molar-refractivity contribution in [1.29, 1.82) is 5.26 Å². The highest BCUT2D eigenvalue weighted by molar-refractivity contribution is 6.05. The van der Waals surface area contributed by atoms with Gasteiger partial charge in [0.1, 0.15) is 0 Å². The number of allylic oxidation sites excluding steroid dienone is 2. The van der Waals surface area contributed by atoms with E-state index in [9.17, 15) is 10.1 Å². The summed E-state index contributed by atoms with van der Waals surface area (Å²) < 4.78 is 0. The Hall–Kier alpha value is -4.96. The van der Waals surface area contributed by atoms with Crippen molar-refractivity contribution in [2.24, 2.45) is 4.99 Å². The molecule has 0 atom stereocenters. The Morgan fingerprint density at radius 1 is 1.00 bits per heavy atom. The Balaban J connectivity index is 1.46. The largest absolute Gasteiger partial charge is 0.359 e. The van der Waals surface area contributed by atoms with E-state index in [4.69, 9.17) is 0 Å². The van der Waals surface area contributed by atoms with Gasteiger partial charge in [0.2, 0.25) is 0 Å². The summed E-state index contributed by atoms with van der Waals surface area (Å²) in [5, 5.41) is 19.8. The second-order valence-electron chi connectivity index (χ2n) is 8.47. The normalized spacial score (nSPS) is 11.4. The Morgan fingerprint density at radius 3 is 2.41 bits per heavy atom. The van der Waals surface area contributed by atoms with Gasteiger partial charge in [-0.25, -0.2) is 0 Å². The van der Waals surface area contributed by atoms with Crippen LogP contribution < -0.4 is 16.0 Å². The molecule has 0 fully saturated rings. The molecule has 0 aliphatic rings. The molecule has 0 bridgehead atoms. The van der Waals surface area contributed by atoms with Crippen molar-refractivity contribution in [1.82, 2.24) is 4.98 Å². The summed E-state index contributed by atoms with van der Waals surface area (Å²) in [6.07, 6.45) is 6.28. The van der Waals surface area contributed by atoms with Gasteiger partial charge < -0.3 is 16.0 Å². The summed E-state index contributed by atoms with van der Waals surface area (Å²) in [7, 11) is 1.74. The van der Waals surface area contributed by atoms with Crippen LogP contribution in [0.2, 0.25) is 0 Å². The molecular formula is C30H28N6O. The summed E-state index contributed by atoms with van der Waals surface area (Å²) in [6.45, 7) is 3.98. The van der Waals surface area contributed by atoms with Crippen molar-refractivity contribution in [3.05, 3.63) is 101 Å². The van der Waals surface area contributed by atoms with Gasteiger partial charge in [-0.3, -0.25) is 14.8 Å². The number of carbonyl (C=O) groups is 1. The fourth-order valence-electron chi connectivity index (χ4n) is 3.91. The first kappa shape index (κ1) is 25.1. The third-order valence-electron chi connectivity index (χ3n) is 5.87. The minimum absolute atomic E-state index is 0.175. The molecule has 0 saturated heterocycles. The number of rotatable bonds is 8. The van der Waals surface area contributed by atoms with E-state index in [1.54, 1.807) is 31.6 Å². The first-order chi connectivity index (χ1) is 18.0. The van der Waals surface area contributed by atoms with Gasteiger partial charge in [0.05, 0.1) is 17.1 Å². The van der Waals surface area contributed by atoms with Gasteiger partial charge in [-0.1, -0.05) is 6.92 Å². The number of carbonyl (C=O) groups excluding carboxylic acids is 1. The Kier molecular flexibility index (Phi) is 7.91. The van der Waals surface area contributed by atoms with Crippen molar-refractivity contribution >= 4 is 45.8 Å². The van der Waals surface area contributed by atoms with Gasteiger partial charge in [0, 0.05) is 58.9 Å². The van der Waals surface area contributed by atoms with Crippen LogP contribution in [0.3, 0.4) is 0 Å². The van der Waals surface area contributed by atoms with Crippen molar-refractivity contribution in [3.8, 4) is 6.07 Å². The number of nitrogens with one attached hydrogen (secondary N) is 3. The average molecular weight is 489 g/mol. The number of amides is 1. The van der Waals surface area contributed by atoms with Gasteiger partial charge >= 0.3 is 0 Å². The van der Waals surface area contributed by atoms with Crippen LogP contribution in [0, 0.1) is 18.3 Å². The number of anilines is 4. The highest BCUT2D eigenvalue weighted by Gasteiger charge is 2.11.